The van der Waals surface area contributed by atoms with Crippen LogP contribution in [0.1, 0.15) is 4.88 Å². The lowest BCUT2D eigenvalue weighted by atomic mass is 10.2. The molecule has 0 aliphatic carbocycles. The maximum absolute atomic E-state index is 13.0. The zero-order valence-electron chi connectivity index (χ0n) is 6.04. The Hall–Kier alpha value is -1.40. The van der Waals surface area contributed by atoms with Gasteiger partial charge in [0.15, 0.2) is 0 Å². The summed E-state index contributed by atoms with van der Waals surface area (Å²) in [5, 5.41) is 9.11. The number of fused-ring (bicyclic) bond motifs is 1. The van der Waals surface area contributed by atoms with E-state index in [1.54, 1.807) is 12.1 Å². The number of hydrogen-bond acceptors (Lipinski definition) is 2. The van der Waals surface area contributed by atoms with Crippen LogP contribution in [-0.2, 0) is 0 Å². The van der Waals surface area contributed by atoms with Gasteiger partial charge in [0, 0.05) is 10.1 Å². The predicted molar refractivity (Wildman–Crippen MR) is 46.5 cm³/mol. The van der Waals surface area contributed by atoms with Gasteiger partial charge in [0.25, 0.3) is 0 Å². The zero-order chi connectivity index (χ0) is 8.55. The molecule has 0 bridgehead atoms. The minimum atomic E-state index is -0.259. The summed E-state index contributed by atoms with van der Waals surface area (Å²) in [6, 6.07) is 8.43. The van der Waals surface area contributed by atoms with Gasteiger partial charge in [-0.25, -0.2) is 4.39 Å². The molecule has 0 aliphatic rings. The number of halogens is 1. The van der Waals surface area contributed by atoms with E-state index in [1.807, 2.05) is 12.1 Å². The fourth-order valence-corrected chi connectivity index (χ4v) is 1.95. The molecular weight excluding hydrogens is 173 g/mol. The molecule has 2 rings (SSSR count). The van der Waals surface area contributed by atoms with Gasteiger partial charge in [0.05, 0.1) is 0 Å². The van der Waals surface area contributed by atoms with Gasteiger partial charge in [-0.3, -0.25) is 0 Å². The summed E-state index contributed by atoms with van der Waals surface area (Å²) in [6.45, 7) is 0. The van der Waals surface area contributed by atoms with E-state index in [0.29, 0.717) is 10.3 Å². The van der Waals surface area contributed by atoms with Crippen molar-refractivity contribution in [3.8, 4) is 6.07 Å². The Bertz CT molecular complexity index is 467. The van der Waals surface area contributed by atoms with Crippen molar-refractivity contribution >= 4 is 21.4 Å². The monoisotopic (exact) mass is 177 g/mol. The number of nitrogens with zero attached hydrogens (tertiary/aromatic N) is 1. The van der Waals surface area contributed by atoms with Gasteiger partial charge in [-0.15, -0.1) is 11.3 Å². The highest BCUT2D eigenvalue weighted by molar-refractivity contribution is 7.19. The van der Waals surface area contributed by atoms with Gasteiger partial charge >= 0.3 is 0 Å². The van der Waals surface area contributed by atoms with Crippen molar-refractivity contribution in [1.82, 2.24) is 0 Å². The molecule has 0 saturated carbocycles. The van der Waals surface area contributed by atoms with Gasteiger partial charge in [0.1, 0.15) is 16.8 Å². The van der Waals surface area contributed by atoms with E-state index in [4.69, 9.17) is 5.26 Å². The summed E-state index contributed by atoms with van der Waals surface area (Å²) in [4.78, 5) is 0.551. The van der Waals surface area contributed by atoms with Gasteiger partial charge in [-0.05, 0) is 18.2 Å². The molecule has 0 aliphatic heterocycles. The summed E-state index contributed by atoms with van der Waals surface area (Å²) in [5.74, 6) is -0.259. The van der Waals surface area contributed by atoms with E-state index in [0.717, 1.165) is 4.70 Å². The normalized spacial score (nSPS) is 10.0. The molecule has 3 heteroatoms. The molecule has 1 heterocycles. The fraction of sp³-hybridized carbons (Fsp3) is 0. The smallest absolute Gasteiger partial charge is 0.131 e. The number of benzene rings is 1. The van der Waals surface area contributed by atoms with Crippen molar-refractivity contribution in [2.45, 2.75) is 0 Å². The van der Waals surface area contributed by atoms with Crippen molar-refractivity contribution < 1.29 is 4.39 Å². The molecule has 0 spiro atoms. The molecule has 58 valence electrons. The molecule has 0 amide bonds. The highest BCUT2D eigenvalue weighted by Crippen LogP contribution is 2.26. The number of nitriles is 1. The van der Waals surface area contributed by atoms with Crippen LogP contribution in [0.4, 0.5) is 4.39 Å². The molecule has 0 N–H and O–H groups in total. The first kappa shape index (κ1) is 7.26. The van der Waals surface area contributed by atoms with Crippen LogP contribution in [0.2, 0.25) is 0 Å². The van der Waals surface area contributed by atoms with E-state index >= 15 is 0 Å². The SMILES string of the molecule is N#Cc1cc2c(F)cccc2s1. The maximum atomic E-state index is 13.0. The fourth-order valence-electron chi connectivity index (χ4n) is 1.08. The second kappa shape index (κ2) is 2.58. The predicted octanol–water partition coefficient (Wildman–Crippen LogP) is 2.91. The van der Waals surface area contributed by atoms with E-state index < -0.39 is 0 Å². The highest BCUT2D eigenvalue weighted by Gasteiger charge is 2.03. The molecule has 0 fully saturated rings. The van der Waals surface area contributed by atoms with Crippen LogP contribution in [0.25, 0.3) is 10.1 Å². The van der Waals surface area contributed by atoms with Crippen LogP contribution in [0.3, 0.4) is 0 Å². The minimum Gasteiger partial charge on any atom is -0.206 e. The van der Waals surface area contributed by atoms with Crippen LogP contribution in [0.15, 0.2) is 24.3 Å². The Kier molecular flexibility index (Phi) is 1.56. The van der Waals surface area contributed by atoms with Gasteiger partial charge < -0.3 is 0 Å². The van der Waals surface area contributed by atoms with Crippen LogP contribution < -0.4 is 0 Å². The molecule has 1 aromatic heterocycles. The molecule has 1 nitrogen and oxygen atoms in total. The van der Waals surface area contributed by atoms with Crippen LogP contribution in [0, 0.1) is 17.1 Å². The quantitative estimate of drug-likeness (QED) is 0.607. The molecule has 0 atom stereocenters. The Labute approximate surface area is 72.7 Å². The Morgan fingerprint density at radius 2 is 2.25 bits per heavy atom. The average Bonchev–Trinajstić information content (AvgIpc) is 2.49. The van der Waals surface area contributed by atoms with Gasteiger partial charge in [0.2, 0.25) is 0 Å². The second-order valence-electron chi connectivity index (χ2n) is 2.37. The van der Waals surface area contributed by atoms with E-state index in [2.05, 4.69) is 0 Å². The molecule has 0 saturated heterocycles. The third-order valence-corrected chi connectivity index (χ3v) is 2.62. The first-order valence-corrected chi connectivity index (χ1v) is 4.21. The van der Waals surface area contributed by atoms with E-state index in [1.165, 1.54) is 17.4 Å². The van der Waals surface area contributed by atoms with Crippen molar-refractivity contribution in [1.29, 1.82) is 5.26 Å². The Morgan fingerprint density at radius 3 is 2.92 bits per heavy atom. The molecule has 0 unspecified atom stereocenters. The van der Waals surface area contributed by atoms with E-state index in [9.17, 15) is 4.39 Å². The molecule has 0 radical (unpaired) electrons. The van der Waals surface area contributed by atoms with Crippen molar-refractivity contribution in [3.05, 3.63) is 35.0 Å². The van der Waals surface area contributed by atoms with Crippen molar-refractivity contribution in [3.63, 3.8) is 0 Å². The summed E-state index contributed by atoms with van der Waals surface area (Å²) < 4.78 is 13.9. The second-order valence-corrected chi connectivity index (χ2v) is 3.46. The molecule has 1 aromatic carbocycles. The molecule has 12 heavy (non-hydrogen) atoms. The number of thiophene rings is 1. The maximum Gasteiger partial charge on any atom is 0.131 e. The largest absolute Gasteiger partial charge is 0.206 e. The first-order valence-electron chi connectivity index (χ1n) is 3.39. The standard InChI is InChI=1S/C9H4FNS/c10-8-2-1-3-9-7(8)4-6(5-11)12-9/h1-4H. The summed E-state index contributed by atoms with van der Waals surface area (Å²) in [5.41, 5.74) is 0. The summed E-state index contributed by atoms with van der Waals surface area (Å²) in [7, 11) is 0. The minimum absolute atomic E-state index is 0.259. The zero-order valence-corrected chi connectivity index (χ0v) is 6.86. The van der Waals surface area contributed by atoms with Crippen molar-refractivity contribution in [2.75, 3.05) is 0 Å². The van der Waals surface area contributed by atoms with Crippen LogP contribution >= 0.6 is 11.3 Å². The number of rotatable bonds is 0. The molecule has 2 aromatic rings. The van der Waals surface area contributed by atoms with Crippen LogP contribution in [0.5, 0.6) is 0 Å². The lowest BCUT2D eigenvalue weighted by Gasteiger charge is -1.87. The topological polar surface area (TPSA) is 23.8 Å². The highest BCUT2D eigenvalue weighted by atomic mass is 32.1. The van der Waals surface area contributed by atoms with Gasteiger partial charge in [-0.1, -0.05) is 6.07 Å². The van der Waals surface area contributed by atoms with Crippen molar-refractivity contribution in [2.24, 2.45) is 0 Å². The third kappa shape index (κ3) is 0.973. The lowest BCUT2D eigenvalue weighted by Crippen LogP contribution is -1.70. The Balaban J connectivity index is 2.85. The molecular formula is C9H4FNS. The summed E-state index contributed by atoms with van der Waals surface area (Å²) in [6.07, 6.45) is 0. The van der Waals surface area contributed by atoms with Gasteiger partial charge in [-0.2, -0.15) is 5.26 Å². The summed E-state index contributed by atoms with van der Waals surface area (Å²) >= 11 is 1.31. The number of hydrogen-bond donors (Lipinski definition) is 0. The lowest BCUT2D eigenvalue weighted by molar-refractivity contribution is 0.640. The Morgan fingerprint density at radius 1 is 1.42 bits per heavy atom. The first-order chi connectivity index (χ1) is 5.81. The average molecular weight is 177 g/mol. The van der Waals surface area contributed by atoms with E-state index in [-0.39, 0.29) is 5.82 Å². The third-order valence-electron chi connectivity index (χ3n) is 1.62. The van der Waals surface area contributed by atoms with Crippen LogP contribution in [-0.4, -0.2) is 0 Å².